The molecule has 1 aromatic heterocycles. The number of hydrogen-bond acceptors (Lipinski definition) is 5. The van der Waals surface area contributed by atoms with Crippen LogP contribution in [0, 0.1) is 0 Å². The molecule has 6 nitrogen and oxygen atoms in total. The van der Waals surface area contributed by atoms with E-state index >= 15 is 0 Å². The molecular weight excluding hydrogens is 222 g/mol. The average Bonchev–Trinajstić information content (AvgIpc) is 2.28. The van der Waals surface area contributed by atoms with E-state index in [1.807, 2.05) is 13.8 Å². The van der Waals surface area contributed by atoms with Crippen molar-refractivity contribution in [1.82, 2.24) is 9.78 Å². The second-order valence-corrected chi connectivity index (χ2v) is 3.81. The highest BCUT2D eigenvalue weighted by atomic mass is 16.5. The van der Waals surface area contributed by atoms with Crippen LogP contribution in [0.25, 0.3) is 0 Å². The third-order valence-corrected chi connectivity index (χ3v) is 1.99. The highest BCUT2D eigenvalue weighted by molar-refractivity contribution is 5.13. The van der Waals surface area contributed by atoms with Gasteiger partial charge in [0.05, 0.1) is 25.5 Å². The van der Waals surface area contributed by atoms with Crippen LogP contribution in [-0.4, -0.2) is 35.6 Å². The van der Waals surface area contributed by atoms with Gasteiger partial charge in [-0.3, -0.25) is 4.79 Å². The molecule has 0 saturated carbocycles. The van der Waals surface area contributed by atoms with Crippen LogP contribution >= 0.6 is 0 Å². The third-order valence-electron chi connectivity index (χ3n) is 1.99. The van der Waals surface area contributed by atoms with Crippen LogP contribution in [0.1, 0.15) is 13.8 Å². The molecule has 6 heteroatoms. The van der Waals surface area contributed by atoms with E-state index < -0.39 is 0 Å². The van der Waals surface area contributed by atoms with E-state index in [4.69, 9.17) is 15.2 Å². The first-order valence-corrected chi connectivity index (χ1v) is 5.65. The van der Waals surface area contributed by atoms with Crippen LogP contribution in [0.4, 0.5) is 0 Å². The normalized spacial score (nSPS) is 10.8. The maximum absolute atomic E-state index is 11.6. The zero-order valence-corrected chi connectivity index (χ0v) is 10.3. The molecule has 0 saturated heterocycles. The lowest BCUT2D eigenvalue weighted by atomic mass is 10.5. The van der Waals surface area contributed by atoms with Crippen molar-refractivity contribution in [1.29, 1.82) is 0 Å². The highest BCUT2D eigenvalue weighted by Crippen LogP contribution is 2.02. The Bertz CT molecular complexity index is 390. The Morgan fingerprint density at radius 2 is 2.24 bits per heavy atom. The van der Waals surface area contributed by atoms with Crippen LogP contribution in [0.5, 0.6) is 5.75 Å². The van der Waals surface area contributed by atoms with Gasteiger partial charge in [-0.15, -0.1) is 0 Å². The van der Waals surface area contributed by atoms with Crippen molar-refractivity contribution in [2.45, 2.75) is 26.5 Å². The van der Waals surface area contributed by atoms with Gasteiger partial charge in [-0.05, 0) is 13.8 Å². The molecule has 0 amide bonds. The maximum atomic E-state index is 11.6. The summed E-state index contributed by atoms with van der Waals surface area (Å²) in [4.78, 5) is 11.6. The lowest BCUT2D eigenvalue weighted by Crippen LogP contribution is -2.25. The van der Waals surface area contributed by atoms with E-state index in [9.17, 15) is 4.79 Å². The number of rotatable bonds is 7. The molecule has 0 aromatic carbocycles. The largest absolute Gasteiger partial charge is 0.490 e. The van der Waals surface area contributed by atoms with Gasteiger partial charge in [0, 0.05) is 12.6 Å². The average molecular weight is 241 g/mol. The Kier molecular flexibility index (Phi) is 5.65. The Labute approximate surface area is 100 Å². The fourth-order valence-electron chi connectivity index (χ4n) is 1.22. The van der Waals surface area contributed by atoms with Crippen molar-refractivity contribution in [3.63, 3.8) is 0 Å². The van der Waals surface area contributed by atoms with Crippen molar-refractivity contribution in [3.8, 4) is 5.75 Å². The molecule has 0 aliphatic rings. The summed E-state index contributed by atoms with van der Waals surface area (Å²) in [6, 6.07) is 1.40. The first-order chi connectivity index (χ1) is 8.13. The maximum Gasteiger partial charge on any atom is 0.270 e. The number of aromatic nitrogens is 2. The second-order valence-electron chi connectivity index (χ2n) is 3.81. The van der Waals surface area contributed by atoms with E-state index in [2.05, 4.69) is 5.10 Å². The van der Waals surface area contributed by atoms with Gasteiger partial charge in [0.15, 0.2) is 0 Å². The molecular formula is C11H19N3O3. The summed E-state index contributed by atoms with van der Waals surface area (Å²) in [5, 5.41) is 3.99. The van der Waals surface area contributed by atoms with Crippen LogP contribution in [0.15, 0.2) is 17.1 Å². The second kappa shape index (κ2) is 7.03. The number of ether oxygens (including phenoxy) is 2. The van der Waals surface area contributed by atoms with Crippen molar-refractivity contribution in [2.24, 2.45) is 5.73 Å². The van der Waals surface area contributed by atoms with Crippen LogP contribution in [0.3, 0.4) is 0 Å². The van der Waals surface area contributed by atoms with Gasteiger partial charge < -0.3 is 15.2 Å². The van der Waals surface area contributed by atoms with Crippen molar-refractivity contribution < 1.29 is 9.47 Å². The summed E-state index contributed by atoms with van der Waals surface area (Å²) in [5.41, 5.74) is 5.09. The molecule has 1 rings (SSSR count). The molecule has 0 aliphatic heterocycles. The smallest absolute Gasteiger partial charge is 0.270 e. The number of nitrogens with two attached hydrogens (primary N) is 1. The fourth-order valence-corrected chi connectivity index (χ4v) is 1.22. The minimum atomic E-state index is -0.202. The Morgan fingerprint density at radius 1 is 1.47 bits per heavy atom. The number of nitrogens with zero attached hydrogens (tertiary/aromatic N) is 2. The van der Waals surface area contributed by atoms with Gasteiger partial charge in [0.2, 0.25) is 0 Å². The van der Waals surface area contributed by atoms with E-state index in [0.717, 1.165) is 0 Å². The predicted octanol–water partition coefficient (Wildman–Crippen LogP) is 0.00580. The fraction of sp³-hybridized carbons (Fsp3) is 0.636. The standard InChI is InChI=1S/C11H19N3O3/c1-9(2)16-6-4-14-11(15)7-10(8-13-14)17-5-3-12/h7-9H,3-6,12H2,1-2H3. The molecule has 96 valence electrons. The number of hydrogen-bond donors (Lipinski definition) is 1. The summed E-state index contributed by atoms with van der Waals surface area (Å²) >= 11 is 0. The summed E-state index contributed by atoms with van der Waals surface area (Å²) in [7, 11) is 0. The third kappa shape index (κ3) is 4.97. The van der Waals surface area contributed by atoms with Gasteiger partial charge in [0.25, 0.3) is 5.56 Å². The first kappa shape index (κ1) is 13.7. The van der Waals surface area contributed by atoms with Gasteiger partial charge in [-0.25, -0.2) is 4.68 Å². The lowest BCUT2D eigenvalue weighted by Gasteiger charge is -2.09. The summed E-state index contributed by atoms with van der Waals surface area (Å²) < 4.78 is 11.9. The molecule has 0 atom stereocenters. The van der Waals surface area contributed by atoms with Gasteiger partial charge in [0.1, 0.15) is 12.4 Å². The Morgan fingerprint density at radius 3 is 2.82 bits per heavy atom. The van der Waals surface area contributed by atoms with Gasteiger partial charge in [-0.1, -0.05) is 0 Å². The minimum absolute atomic E-state index is 0.151. The van der Waals surface area contributed by atoms with Crippen LogP contribution in [0.2, 0.25) is 0 Å². The summed E-state index contributed by atoms with van der Waals surface area (Å²) in [6.45, 7) is 5.58. The van der Waals surface area contributed by atoms with E-state index in [1.54, 1.807) is 0 Å². The van der Waals surface area contributed by atoms with E-state index in [-0.39, 0.29) is 11.7 Å². The molecule has 17 heavy (non-hydrogen) atoms. The lowest BCUT2D eigenvalue weighted by molar-refractivity contribution is 0.0701. The molecule has 0 bridgehead atoms. The monoisotopic (exact) mass is 241 g/mol. The van der Waals surface area contributed by atoms with Crippen molar-refractivity contribution in [2.75, 3.05) is 19.8 Å². The zero-order chi connectivity index (χ0) is 12.7. The zero-order valence-electron chi connectivity index (χ0n) is 10.3. The predicted molar refractivity (Wildman–Crippen MR) is 64.1 cm³/mol. The van der Waals surface area contributed by atoms with Crippen molar-refractivity contribution in [3.05, 3.63) is 22.6 Å². The molecule has 2 N–H and O–H groups in total. The molecule has 0 aliphatic carbocycles. The molecule has 0 unspecified atom stereocenters. The van der Waals surface area contributed by atoms with Gasteiger partial charge >= 0.3 is 0 Å². The molecule has 0 fully saturated rings. The Hall–Kier alpha value is -1.40. The van der Waals surface area contributed by atoms with Gasteiger partial charge in [-0.2, -0.15) is 5.10 Å². The van der Waals surface area contributed by atoms with Crippen molar-refractivity contribution >= 4 is 0 Å². The molecule has 0 radical (unpaired) electrons. The minimum Gasteiger partial charge on any atom is -0.490 e. The van der Waals surface area contributed by atoms with Crippen LogP contribution < -0.4 is 16.0 Å². The topological polar surface area (TPSA) is 79.4 Å². The van der Waals surface area contributed by atoms with E-state index in [0.29, 0.717) is 32.1 Å². The highest BCUT2D eigenvalue weighted by Gasteiger charge is 2.01. The first-order valence-electron chi connectivity index (χ1n) is 5.65. The summed E-state index contributed by atoms with van der Waals surface area (Å²) in [5.74, 6) is 0.446. The SMILES string of the molecule is CC(C)OCCn1ncc(OCCN)cc1=O. The Balaban J connectivity index is 2.54. The summed E-state index contributed by atoms with van der Waals surface area (Å²) in [6.07, 6.45) is 1.66. The van der Waals surface area contributed by atoms with Crippen LogP contribution in [-0.2, 0) is 11.3 Å². The molecule has 1 heterocycles. The quantitative estimate of drug-likeness (QED) is 0.727. The molecule has 0 spiro atoms. The van der Waals surface area contributed by atoms with E-state index in [1.165, 1.54) is 16.9 Å². The molecule has 1 aromatic rings.